The number of nitrogen functional groups attached to an aromatic ring is 1. The lowest BCUT2D eigenvalue weighted by Gasteiger charge is -2.34. The first-order valence-corrected chi connectivity index (χ1v) is 14.3. The number of aromatic nitrogens is 3. The number of rotatable bonds is 5. The average Bonchev–Trinajstić information content (AvgIpc) is 3.63. The van der Waals surface area contributed by atoms with Gasteiger partial charge in [-0.3, -0.25) is 4.98 Å². The summed E-state index contributed by atoms with van der Waals surface area (Å²) in [6.07, 6.45) is 4.77. The van der Waals surface area contributed by atoms with E-state index < -0.39 is 11.6 Å². The second-order valence-electron chi connectivity index (χ2n) is 11.0. The van der Waals surface area contributed by atoms with Crippen LogP contribution in [0, 0.1) is 28.9 Å². The van der Waals surface area contributed by atoms with Crippen molar-refractivity contribution in [3.63, 3.8) is 0 Å². The summed E-state index contributed by atoms with van der Waals surface area (Å²) in [6, 6.07) is 5.54. The summed E-state index contributed by atoms with van der Waals surface area (Å²) in [6.45, 7) is 3.87. The second-order valence-corrected chi connectivity index (χ2v) is 12.1. The molecule has 0 radical (unpaired) electrons. The summed E-state index contributed by atoms with van der Waals surface area (Å²) in [5, 5.41) is 14.3. The molecule has 7 rings (SSSR count). The van der Waals surface area contributed by atoms with E-state index in [-0.39, 0.29) is 43.4 Å². The van der Waals surface area contributed by atoms with Gasteiger partial charge in [0.25, 0.3) is 0 Å². The second kappa shape index (κ2) is 9.76. The number of hydrogen-bond donors (Lipinski definition) is 2. The summed E-state index contributed by atoms with van der Waals surface area (Å²) in [7, 11) is 2.08. The number of halogens is 2. The van der Waals surface area contributed by atoms with E-state index in [1.165, 1.54) is 12.1 Å². The van der Waals surface area contributed by atoms with Crippen LogP contribution in [-0.2, 0) is 0 Å². The molecule has 0 saturated carbocycles. The number of nitrogens with zero attached hydrogens (tertiary/aromatic N) is 6. The molecule has 3 fully saturated rings. The standard InChI is InChI=1S/C28H28F2N8OS/c1-37-7-6-14(10-37)13-39-28-35-24-19(27(36-28)38-11-15-2-3-16(12-38)34-15)9-33-23(22(24)30)17-4-5-20(29)25-21(17)18(8-31)26(32)40-25/h4-5,9,14-16,34H,2-3,6-7,10-13,32H2,1H3/t14-,15?,16?/m0/s1. The molecule has 4 aromatic rings. The van der Waals surface area contributed by atoms with E-state index in [1.54, 1.807) is 6.20 Å². The van der Waals surface area contributed by atoms with Crippen molar-refractivity contribution < 1.29 is 13.5 Å². The van der Waals surface area contributed by atoms with Gasteiger partial charge in [-0.15, -0.1) is 11.3 Å². The third kappa shape index (κ3) is 4.20. The molecule has 206 valence electrons. The smallest absolute Gasteiger partial charge is 0.319 e. The number of benzene rings is 1. The molecule has 2 bridgehead atoms. The van der Waals surface area contributed by atoms with Gasteiger partial charge in [0.05, 0.1) is 22.3 Å². The molecule has 3 saturated heterocycles. The molecule has 3 aliphatic heterocycles. The minimum Gasteiger partial charge on any atom is -0.463 e. The molecular weight excluding hydrogens is 534 g/mol. The maximum absolute atomic E-state index is 16.5. The summed E-state index contributed by atoms with van der Waals surface area (Å²) < 4.78 is 37.4. The summed E-state index contributed by atoms with van der Waals surface area (Å²) in [5.74, 6) is -0.251. The highest BCUT2D eigenvalue weighted by Gasteiger charge is 2.34. The number of anilines is 2. The molecule has 2 unspecified atom stereocenters. The van der Waals surface area contributed by atoms with Gasteiger partial charge in [0.1, 0.15) is 33.9 Å². The number of hydrogen-bond acceptors (Lipinski definition) is 10. The Morgan fingerprint density at radius 1 is 1.18 bits per heavy atom. The molecule has 3 aromatic heterocycles. The molecule has 0 spiro atoms. The van der Waals surface area contributed by atoms with Crippen molar-refractivity contribution in [1.29, 1.82) is 5.26 Å². The Bertz CT molecular complexity index is 1680. The van der Waals surface area contributed by atoms with E-state index in [4.69, 9.17) is 15.5 Å². The highest BCUT2D eigenvalue weighted by molar-refractivity contribution is 7.23. The molecule has 6 heterocycles. The number of ether oxygens (including phenoxy) is 1. The maximum atomic E-state index is 16.5. The van der Waals surface area contributed by atoms with Crippen molar-refractivity contribution >= 4 is 43.1 Å². The molecular formula is C28H28F2N8OS. The van der Waals surface area contributed by atoms with Crippen LogP contribution in [0.5, 0.6) is 6.01 Å². The van der Waals surface area contributed by atoms with Gasteiger partial charge < -0.3 is 25.6 Å². The van der Waals surface area contributed by atoms with Gasteiger partial charge in [-0.05, 0) is 45.0 Å². The quantitative estimate of drug-likeness (QED) is 0.373. The first-order chi connectivity index (χ1) is 19.4. The first kappa shape index (κ1) is 25.3. The van der Waals surface area contributed by atoms with Crippen molar-refractivity contribution in [3.05, 3.63) is 35.5 Å². The summed E-state index contributed by atoms with van der Waals surface area (Å²) >= 11 is 0.965. The third-order valence-corrected chi connectivity index (χ3v) is 9.31. The van der Waals surface area contributed by atoms with Gasteiger partial charge in [-0.1, -0.05) is 0 Å². The van der Waals surface area contributed by atoms with Gasteiger partial charge >= 0.3 is 6.01 Å². The van der Waals surface area contributed by atoms with Gasteiger partial charge in [0, 0.05) is 54.8 Å². The van der Waals surface area contributed by atoms with E-state index in [0.717, 1.165) is 56.8 Å². The van der Waals surface area contributed by atoms with Crippen LogP contribution >= 0.6 is 11.3 Å². The number of pyridine rings is 1. The van der Waals surface area contributed by atoms with Crippen LogP contribution in [0.1, 0.15) is 24.8 Å². The zero-order chi connectivity index (χ0) is 27.5. The van der Waals surface area contributed by atoms with Crippen LogP contribution in [0.3, 0.4) is 0 Å². The average molecular weight is 563 g/mol. The van der Waals surface area contributed by atoms with Crippen LogP contribution in [0.2, 0.25) is 0 Å². The minimum absolute atomic E-state index is 0.0276. The first-order valence-electron chi connectivity index (χ1n) is 13.5. The van der Waals surface area contributed by atoms with Crippen LogP contribution in [0.15, 0.2) is 18.3 Å². The molecule has 9 nitrogen and oxygen atoms in total. The number of nitriles is 1. The molecule has 3 aliphatic rings. The zero-order valence-corrected chi connectivity index (χ0v) is 22.8. The van der Waals surface area contributed by atoms with Crippen molar-refractivity contribution in [2.24, 2.45) is 5.92 Å². The molecule has 0 amide bonds. The summed E-state index contributed by atoms with van der Waals surface area (Å²) in [5.41, 5.74) is 6.47. The Labute approximate surface area is 233 Å². The molecule has 0 aliphatic carbocycles. The normalized spacial score (nSPS) is 22.9. The Hall–Kier alpha value is -3.66. The van der Waals surface area contributed by atoms with Gasteiger partial charge in [0.15, 0.2) is 5.82 Å². The fourth-order valence-electron chi connectivity index (χ4n) is 6.34. The SMILES string of the molecule is CN1CC[C@H](COc2nc(N3CC4CCC(C3)N4)c3cnc(-c4ccc(F)c5sc(N)c(C#N)c45)c(F)c3n2)C1. The van der Waals surface area contributed by atoms with Crippen molar-refractivity contribution in [1.82, 2.24) is 25.2 Å². The fourth-order valence-corrected chi connectivity index (χ4v) is 7.29. The molecule has 12 heteroatoms. The predicted molar refractivity (Wildman–Crippen MR) is 150 cm³/mol. The van der Waals surface area contributed by atoms with Crippen molar-refractivity contribution in [2.75, 3.05) is 50.5 Å². The van der Waals surface area contributed by atoms with Crippen LogP contribution in [-0.4, -0.2) is 71.8 Å². The lowest BCUT2D eigenvalue weighted by atomic mass is 10.0. The molecule has 3 atom stereocenters. The minimum atomic E-state index is -0.675. The molecule has 40 heavy (non-hydrogen) atoms. The Morgan fingerprint density at radius 2 is 1.98 bits per heavy atom. The number of nitrogens with one attached hydrogen (secondary N) is 1. The van der Waals surface area contributed by atoms with Gasteiger partial charge in [0.2, 0.25) is 0 Å². The lowest BCUT2D eigenvalue weighted by Crippen LogP contribution is -2.51. The van der Waals surface area contributed by atoms with Crippen LogP contribution in [0.4, 0.5) is 19.6 Å². The van der Waals surface area contributed by atoms with Gasteiger partial charge in [-0.25, -0.2) is 8.78 Å². The predicted octanol–water partition coefficient (Wildman–Crippen LogP) is 3.91. The van der Waals surface area contributed by atoms with E-state index in [0.29, 0.717) is 35.8 Å². The van der Waals surface area contributed by atoms with E-state index in [9.17, 15) is 9.65 Å². The van der Waals surface area contributed by atoms with Crippen molar-refractivity contribution in [2.45, 2.75) is 31.3 Å². The topological polar surface area (TPSA) is 116 Å². The maximum Gasteiger partial charge on any atom is 0.319 e. The number of thiophene rings is 1. The van der Waals surface area contributed by atoms with Crippen LogP contribution < -0.4 is 20.7 Å². The molecule has 1 aromatic carbocycles. The number of likely N-dealkylation sites (tertiary alicyclic amines) is 1. The Balaban J connectivity index is 1.37. The van der Waals surface area contributed by atoms with Crippen molar-refractivity contribution in [3.8, 4) is 23.3 Å². The Morgan fingerprint density at radius 3 is 2.70 bits per heavy atom. The largest absolute Gasteiger partial charge is 0.463 e. The number of fused-ring (bicyclic) bond motifs is 4. The Kier molecular flexibility index (Phi) is 6.18. The fraction of sp³-hybridized carbons (Fsp3) is 0.429. The lowest BCUT2D eigenvalue weighted by molar-refractivity contribution is 0.233. The third-order valence-electron chi connectivity index (χ3n) is 8.28. The zero-order valence-electron chi connectivity index (χ0n) is 22.0. The number of piperazine rings is 1. The highest BCUT2D eigenvalue weighted by Crippen LogP contribution is 2.42. The monoisotopic (exact) mass is 562 g/mol. The van der Waals surface area contributed by atoms with E-state index in [2.05, 4.69) is 32.1 Å². The van der Waals surface area contributed by atoms with Crippen LogP contribution in [0.25, 0.3) is 32.2 Å². The van der Waals surface area contributed by atoms with E-state index in [1.807, 2.05) is 6.07 Å². The number of nitrogens with two attached hydrogens (primary N) is 1. The summed E-state index contributed by atoms with van der Waals surface area (Å²) in [4.78, 5) is 18.2. The molecule has 3 N–H and O–H groups in total. The van der Waals surface area contributed by atoms with Gasteiger partial charge in [-0.2, -0.15) is 15.2 Å². The highest BCUT2D eigenvalue weighted by atomic mass is 32.1. The van der Waals surface area contributed by atoms with E-state index >= 15 is 4.39 Å².